The minimum absolute atomic E-state index is 0.0930. The molecule has 20 heavy (non-hydrogen) atoms. The molecule has 3 heteroatoms. The summed E-state index contributed by atoms with van der Waals surface area (Å²) in [6, 6.07) is 16.1. The van der Waals surface area contributed by atoms with E-state index in [0.29, 0.717) is 11.4 Å². The van der Waals surface area contributed by atoms with Crippen molar-refractivity contribution in [3.05, 3.63) is 64.7 Å². The van der Waals surface area contributed by atoms with Gasteiger partial charge in [0.2, 0.25) is 0 Å². The topological polar surface area (TPSA) is 30.0 Å². The van der Waals surface area contributed by atoms with E-state index < -0.39 is 0 Å². The summed E-state index contributed by atoms with van der Waals surface area (Å²) in [6.07, 6.45) is 1.44. The number of thiazole rings is 1. The van der Waals surface area contributed by atoms with E-state index in [-0.39, 0.29) is 5.78 Å². The van der Waals surface area contributed by atoms with E-state index >= 15 is 0 Å². The van der Waals surface area contributed by atoms with Crippen molar-refractivity contribution in [3.8, 4) is 0 Å². The van der Waals surface area contributed by atoms with E-state index in [1.807, 2.05) is 36.4 Å². The third kappa shape index (κ3) is 2.63. The van der Waals surface area contributed by atoms with Crippen LogP contribution < -0.4 is 0 Å². The molecule has 1 heterocycles. The summed E-state index contributed by atoms with van der Waals surface area (Å²) in [5, 5.41) is 0.603. The first-order valence-electron chi connectivity index (χ1n) is 6.73. The number of Topliss-reactive ketones (excluding diaryl/α,β-unsaturated/α-hetero) is 1. The molecule has 0 aliphatic rings. The molecule has 100 valence electrons. The first-order valence-corrected chi connectivity index (χ1v) is 7.54. The molecular weight excluding hydrogens is 266 g/mol. The van der Waals surface area contributed by atoms with Crippen LogP contribution in [-0.4, -0.2) is 10.8 Å². The molecule has 0 aliphatic heterocycles. The van der Waals surface area contributed by atoms with Gasteiger partial charge in [-0.05, 0) is 29.7 Å². The molecule has 3 aromatic rings. The molecule has 2 aromatic carbocycles. The van der Waals surface area contributed by atoms with Crippen molar-refractivity contribution in [2.75, 3.05) is 0 Å². The molecule has 0 saturated carbocycles. The van der Waals surface area contributed by atoms with Gasteiger partial charge in [0.15, 0.2) is 10.8 Å². The zero-order valence-corrected chi connectivity index (χ0v) is 12.1. The number of ketones is 1. The number of benzene rings is 2. The Balaban J connectivity index is 1.81. The largest absolute Gasteiger partial charge is 0.291 e. The molecule has 0 unspecified atom stereocenters. The van der Waals surface area contributed by atoms with E-state index in [9.17, 15) is 4.79 Å². The highest BCUT2D eigenvalue weighted by Gasteiger charge is 2.12. The number of hydrogen-bond acceptors (Lipinski definition) is 3. The first-order chi connectivity index (χ1) is 9.76. The lowest BCUT2D eigenvalue weighted by Gasteiger charge is -2.00. The summed E-state index contributed by atoms with van der Waals surface area (Å²) in [7, 11) is 0. The van der Waals surface area contributed by atoms with Crippen LogP contribution in [0.2, 0.25) is 0 Å². The van der Waals surface area contributed by atoms with Crippen LogP contribution in [0, 0.1) is 0 Å². The van der Waals surface area contributed by atoms with Gasteiger partial charge in [0.1, 0.15) is 0 Å². The van der Waals surface area contributed by atoms with E-state index in [1.54, 1.807) is 0 Å². The molecular formula is C17H15NOS. The van der Waals surface area contributed by atoms with E-state index in [4.69, 9.17) is 0 Å². The van der Waals surface area contributed by atoms with Crippen LogP contribution in [0.5, 0.6) is 0 Å². The van der Waals surface area contributed by atoms with Crippen LogP contribution in [0.1, 0.15) is 27.9 Å². The van der Waals surface area contributed by atoms with Gasteiger partial charge >= 0.3 is 0 Å². The van der Waals surface area contributed by atoms with Crippen molar-refractivity contribution >= 4 is 27.3 Å². The molecule has 2 nitrogen and oxygen atoms in total. The second-order valence-corrected chi connectivity index (χ2v) is 5.79. The molecule has 0 aliphatic carbocycles. The molecule has 0 spiro atoms. The molecule has 0 N–H and O–H groups in total. The van der Waals surface area contributed by atoms with Crippen LogP contribution >= 0.6 is 11.3 Å². The predicted molar refractivity (Wildman–Crippen MR) is 83.5 cm³/mol. The zero-order valence-electron chi connectivity index (χ0n) is 11.3. The van der Waals surface area contributed by atoms with Crippen LogP contribution in [0.15, 0.2) is 48.5 Å². The van der Waals surface area contributed by atoms with Gasteiger partial charge in [0.05, 0.1) is 10.2 Å². The van der Waals surface area contributed by atoms with E-state index in [0.717, 1.165) is 22.2 Å². The number of para-hydroxylation sites is 1. The minimum atomic E-state index is 0.0930. The van der Waals surface area contributed by atoms with Gasteiger partial charge in [-0.15, -0.1) is 11.3 Å². The number of nitrogens with zero attached hydrogens (tertiary/aromatic N) is 1. The van der Waals surface area contributed by atoms with E-state index in [2.05, 4.69) is 24.0 Å². The van der Waals surface area contributed by atoms with Gasteiger partial charge in [-0.2, -0.15) is 0 Å². The lowest BCUT2D eigenvalue weighted by Crippen LogP contribution is -2.02. The standard InChI is InChI=1S/C17H15NOS/c1-2-12-7-9-13(10-8-12)11-15(19)17-18-14-5-3-4-6-16(14)20-17/h3-10H,2,11H2,1H3. The Morgan fingerprint density at radius 2 is 1.75 bits per heavy atom. The first kappa shape index (κ1) is 13.0. The molecule has 1 aromatic heterocycles. The Hall–Kier alpha value is -2.00. The Labute approximate surface area is 122 Å². The van der Waals surface area contributed by atoms with Gasteiger partial charge in [-0.25, -0.2) is 4.98 Å². The maximum Gasteiger partial charge on any atom is 0.195 e. The van der Waals surface area contributed by atoms with Crippen molar-refractivity contribution < 1.29 is 4.79 Å². The summed E-state index contributed by atoms with van der Waals surface area (Å²) < 4.78 is 1.07. The number of carbonyl (C=O) groups excluding carboxylic acids is 1. The molecule has 0 bridgehead atoms. The predicted octanol–water partition coefficient (Wildman–Crippen LogP) is 4.28. The quantitative estimate of drug-likeness (QED) is 0.668. The lowest BCUT2D eigenvalue weighted by atomic mass is 10.1. The number of aryl methyl sites for hydroxylation is 1. The third-order valence-corrected chi connectivity index (χ3v) is 4.41. The summed E-state index contributed by atoms with van der Waals surface area (Å²) >= 11 is 1.47. The number of fused-ring (bicyclic) bond motifs is 1. The SMILES string of the molecule is CCc1ccc(CC(=O)c2nc3ccccc3s2)cc1. The third-order valence-electron chi connectivity index (χ3n) is 3.33. The van der Waals surface area contributed by atoms with Gasteiger partial charge < -0.3 is 0 Å². The highest BCUT2D eigenvalue weighted by atomic mass is 32.1. The monoisotopic (exact) mass is 281 g/mol. The maximum atomic E-state index is 12.3. The van der Waals surface area contributed by atoms with E-state index in [1.165, 1.54) is 16.9 Å². The fourth-order valence-corrected chi connectivity index (χ4v) is 3.05. The fourth-order valence-electron chi connectivity index (χ4n) is 2.15. The number of hydrogen-bond donors (Lipinski definition) is 0. The minimum Gasteiger partial charge on any atom is -0.291 e. The molecule has 0 amide bonds. The Kier molecular flexibility index (Phi) is 3.61. The van der Waals surface area contributed by atoms with Crippen LogP contribution in [0.25, 0.3) is 10.2 Å². The molecule has 0 radical (unpaired) electrons. The van der Waals surface area contributed by atoms with Crippen LogP contribution in [0.4, 0.5) is 0 Å². The van der Waals surface area contributed by atoms with Crippen molar-refractivity contribution in [2.45, 2.75) is 19.8 Å². The second kappa shape index (κ2) is 5.55. The highest BCUT2D eigenvalue weighted by molar-refractivity contribution is 7.20. The van der Waals surface area contributed by atoms with Gasteiger partial charge in [0.25, 0.3) is 0 Å². The highest BCUT2D eigenvalue weighted by Crippen LogP contribution is 2.22. The fraction of sp³-hybridized carbons (Fsp3) is 0.176. The summed E-state index contributed by atoms with van der Waals surface area (Å²) in [6.45, 7) is 2.13. The maximum absolute atomic E-state index is 12.3. The smallest absolute Gasteiger partial charge is 0.195 e. The molecule has 3 rings (SSSR count). The van der Waals surface area contributed by atoms with Crippen molar-refractivity contribution in [1.82, 2.24) is 4.98 Å². The normalized spacial score (nSPS) is 10.8. The molecule has 0 fully saturated rings. The molecule has 0 saturated heterocycles. The van der Waals surface area contributed by atoms with Crippen molar-refractivity contribution in [3.63, 3.8) is 0 Å². The lowest BCUT2D eigenvalue weighted by molar-refractivity contribution is 0.0993. The summed E-state index contributed by atoms with van der Waals surface area (Å²) in [5.41, 5.74) is 3.25. The Morgan fingerprint density at radius 1 is 1.05 bits per heavy atom. The summed E-state index contributed by atoms with van der Waals surface area (Å²) in [5.74, 6) is 0.0930. The average molecular weight is 281 g/mol. The number of carbonyl (C=O) groups is 1. The zero-order chi connectivity index (χ0) is 13.9. The Morgan fingerprint density at radius 3 is 2.45 bits per heavy atom. The molecule has 0 atom stereocenters. The number of aromatic nitrogens is 1. The van der Waals surface area contributed by atoms with Crippen molar-refractivity contribution in [2.24, 2.45) is 0 Å². The Bertz CT molecular complexity index is 710. The van der Waals surface area contributed by atoms with Gasteiger partial charge in [-0.1, -0.05) is 43.3 Å². The van der Waals surface area contributed by atoms with Crippen LogP contribution in [0.3, 0.4) is 0 Å². The van der Waals surface area contributed by atoms with Gasteiger partial charge in [0, 0.05) is 6.42 Å². The average Bonchev–Trinajstić information content (AvgIpc) is 2.92. The number of rotatable bonds is 4. The second-order valence-electron chi connectivity index (χ2n) is 4.76. The van der Waals surface area contributed by atoms with Crippen LogP contribution in [-0.2, 0) is 12.8 Å². The summed E-state index contributed by atoms with van der Waals surface area (Å²) in [4.78, 5) is 16.7. The van der Waals surface area contributed by atoms with Gasteiger partial charge in [-0.3, -0.25) is 4.79 Å². The van der Waals surface area contributed by atoms with Crippen molar-refractivity contribution in [1.29, 1.82) is 0 Å².